The van der Waals surface area contributed by atoms with Crippen LogP contribution in [-0.4, -0.2) is 47.4 Å². The van der Waals surface area contributed by atoms with E-state index in [9.17, 15) is 0 Å². The second-order valence-corrected chi connectivity index (χ2v) is 9.38. The highest BCUT2D eigenvalue weighted by Gasteiger charge is 2.27. The minimum absolute atomic E-state index is 0.202. The highest BCUT2D eigenvalue weighted by molar-refractivity contribution is 5.93. The van der Waals surface area contributed by atoms with Crippen molar-refractivity contribution in [2.75, 3.05) is 11.9 Å². The van der Waals surface area contributed by atoms with Crippen LogP contribution in [0.3, 0.4) is 0 Å². The summed E-state index contributed by atoms with van der Waals surface area (Å²) in [6.45, 7) is 5.01. The zero-order valence-corrected chi connectivity index (χ0v) is 20.3. The fourth-order valence-electron chi connectivity index (χ4n) is 5.20. The van der Waals surface area contributed by atoms with Crippen molar-refractivity contribution in [2.24, 2.45) is 7.05 Å². The molecule has 1 aliphatic carbocycles. The lowest BCUT2D eigenvalue weighted by molar-refractivity contribution is 0.130. The van der Waals surface area contributed by atoms with Crippen molar-refractivity contribution >= 4 is 27.6 Å². The molecule has 0 radical (unpaired) electrons. The van der Waals surface area contributed by atoms with Crippen LogP contribution in [0.15, 0.2) is 43.0 Å². The van der Waals surface area contributed by atoms with Crippen LogP contribution < -0.4 is 10.1 Å². The molecule has 2 N–H and O–H groups in total. The van der Waals surface area contributed by atoms with Crippen molar-refractivity contribution in [1.29, 1.82) is 0 Å². The summed E-state index contributed by atoms with van der Waals surface area (Å²) >= 11 is 0. The zero-order chi connectivity index (χ0) is 23.9. The Balaban J connectivity index is 1.26. The Morgan fingerprint density at radius 3 is 2.74 bits per heavy atom. The molecule has 1 fully saturated rings. The number of aryl methyl sites for hydroxylation is 2. The summed E-state index contributed by atoms with van der Waals surface area (Å²) in [4.78, 5) is 4.61. The number of rotatable bonds is 6. The number of aromatic amines is 1. The maximum absolute atomic E-state index is 6.46. The molecule has 1 saturated carbocycles. The van der Waals surface area contributed by atoms with E-state index in [0.29, 0.717) is 6.04 Å². The second kappa shape index (κ2) is 8.72. The first-order valence-electron chi connectivity index (χ1n) is 12.3. The normalized spacial score (nSPS) is 18.4. The van der Waals surface area contributed by atoms with Crippen molar-refractivity contribution in [3.63, 3.8) is 0 Å². The van der Waals surface area contributed by atoms with Crippen molar-refractivity contribution in [2.45, 2.75) is 51.7 Å². The number of nitrogens with zero attached hydrogens (tertiary/aromatic N) is 6. The number of ether oxygens (including phenoxy) is 1. The second-order valence-electron chi connectivity index (χ2n) is 9.38. The first-order valence-corrected chi connectivity index (χ1v) is 12.3. The summed E-state index contributed by atoms with van der Waals surface area (Å²) in [6, 6.07) is 6.54. The van der Waals surface area contributed by atoms with Crippen LogP contribution in [0, 0.1) is 6.92 Å². The summed E-state index contributed by atoms with van der Waals surface area (Å²) in [5.74, 6) is 1.83. The average Bonchev–Trinajstić information content (AvgIpc) is 3.60. The molecular weight excluding hydrogens is 440 g/mol. The Morgan fingerprint density at radius 1 is 1.11 bits per heavy atom. The fourth-order valence-corrected chi connectivity index (χ4v) is 5.20. The van der Waals surface area contributed by atoms with Gasteiger partial charge in [0, 0.05) is 54.0 Å². The molecular formula is C26H30N8O. The molecule has 0 bridgehead atoms. The minimum Gasteiger partial charge on any atom is -0.490 e. The van der Waals surface area contributed by atoms with Gasteiger partial charge in [0.05, 0.1) is 35.6 Å². The topological polar surface area (TPSA) is 98.5 Å². The van der Waals surface area contributed by atoms with Crippen molar-refractivity contribution in [3.8, 4) is 17.0 Å². The third-order valence-electron chi connectivity index (χ3n) is 7.06. The highest BCUT2D eigenvalue weighted by Crippen LogP contribution is 2.37. The van der Waals surface area contributed by atoms with Gasteiger partial charge in [-0.15, -0.1) is 0 Å². The largest absolute Gasteiger partial charge is 0.490 e. The van der Waals surface area contributed by atoms with Gasteiger partial charge in [0.25, 0.3) is 0 Å². The standard InChI is InChI=1S/C26H30N8O/c1-4-27-25-11-23-21(13-28-25)26(17-12-30-33(3)15-17)32-34(23)18-5-7-19(8-6-18)35-24-10-9-22-20(16(24)2)14-29-31-22/h9-15,18-19H,4-8H2,1-3H3,(H,27,28)(H,29,31)/t18-,19+. The third kappa shape index (κ3) is 3.90. The van der Waals surface area contributed by atoms with E-state index in [1.165, 1.54) is 0 Å². The van der Waals surface area contributed by atoms with Gasteiger partial charge in [-0.3, -0.25) is 14.5 Å². The predicted molar refractivity (Wildman–Crippen MR) is 137 cm³/mol. The summed E-state index contributed by atoms with van der Waals surface area (Å²) in [5.41, 5.74) is 5.24. The number of aromatic nitrogens is 7. The monoisotopic (exact) mass is 470 g/mol. The molecule has 0 aliphatic heterocycles. The molecule has 4 aromatic heterocycles. The van der Waals surface area contributed by atoms with Crippen LogP contribution in [0.1, 0.15) is 44.2 Å². The number of H-pyrrole nitrogens is 1. The number of hydrogen-bond donors (Lipinski definition) is 2. The van der Waals surface area contributed by atoms with E-state index in [2.05, 4.69) is 56.3 Å². The molecule has 180 valence electrons. The SMILES string of the molecule is CCNc1cc2c(cn1)c(-c1cnn(C)c1)nn2[C@H]1CC[C@@H](Oc2ccc3[nH]ncc3c2C)CC1. The van der Waals surface area contributed by atoms with Gasteiger partial charge in [-0.2, -0.15) is 15.3 Å². The van der Waals surface area contributed by atoms with Gasteiger partial charge in [-0.05, 0) is 51.7 Å². The molecule has 1 aliphatic rings. The summed E-state index contributed by atoms with van der Waals surface area (Å²) in [5, 5.41) is 22.1. The number of hydrogen-bond acceptors (Lipinski definition) is 6. The minimum atomic E-state index is 0.202. The first-order chi connectivity index (χ1) is 17.1. The number of fused-ring (bicyclic) bond motifs is 2. The summed E-state index contributed by atoms with van der Waals surface area (Å²) < 4.78 is 10.5. The molecule has 6 rings (SSSR count). The van der Waals surface area contributed by atoms with Crippen LogP contribution in [-0.2, 0) is 7.05 Å². The summed E-state index contributed by atoms with van der Waals surface area (Å²) in [7, 11) is 1.93. The molecule has 9 heteroatoms. The van der Waals surface area contributed by atoms with Crippen LogP contribution >= 0.6 is 0 Å². The molecule has 4 heterocycles. The Hall–Kier alpha value is -3.88. The van der Waals surface area contributed by atoms with Crippen LogP contribution in [0.25, 0.3) is 33.1 Å². The Labute approximate surface area is 203 Å². The van der Waals surface area contributed by atoms with Gasteiger partial charge < -0.3 is 10.1 Å². The van der Waals surface area contributed by atoms with E-state index in [1.807, 2.05) is 42.6 Å². The smallest absolute Gasteiger partial charge is 0.128 e. The average molecular weight is 471 g/mol. The molecule has 35 heavy (non-hydrogen) atoms. The van der Waals surface area contributed by atoms with E-state index >= 15 is 0 Å². The van der Waals surface area contributed by atoms with Crippen molar-refractivity contribution in [1.82, 2.24) is 34.7 Å². The molecule has 0 spiro atoms. The van der Waals surface area contributed by atoms with Gasteiger partial charge in [0.1, 0.15) is 17.3 Å². The lowest BCUT2D eigenvalue weighted by Crippen LogP contribution is -2.26. The van der Waals surface area contributed by atoms with Gasteiger partial charge >= 0.3 is 0 Å². The lowest BCUT2D eigenvalue weighted by Gasteiger charge is -2.30. The fraction of sp³-hybridized carbons (Fsp3) is 0.385. The molecule has 0 unspecified atom stereocenters. The molecule has 9 nitrogen and oxygen atoms in total. The van der Waals surface area contributed by atoms with Gasteiger partial charge in [-0.25, -0.2) is 4.98 Å². The van der Waals surface area contributed by atoms with Crippen LogP contribution in [0.4, 0.5) is 5.82 Å². The number of pyridine rings is 1. The molecule has 5 aromatic rings. The Bertz CT molecular complexity index is 1490. The zero-order valence-electron chi connectivity index (χ0n) is 20.3. The van der Waals surface area contributed by atoms with Gasteiger partial charge in [-0.1, -0.05) is 0 Å². The third-order valence-corrected chi connectivity index (χ3v) is 7.06. The predicted octanol–water partition coefficient (Wildman–Crippen LogP) is 5.01. The van der Waals surface area contributed by atoms with E-state index in [1.54, 1.807) is 0 Å². The van der Waals surface area contributed by atoms with E-state index in [4.69, 9.17) is 9.84 Å². The van der Waals surface area contributed by atoms with Gasteiger partial charge in [0.15, 0.2) is 0 Å². The lowest BCUT2D eigenvalue weighted by atomic mass is 9.92. The van der Waals surface area contributed by atoms with Crippen molar-refractivity contribution < 1.29 is 4.74 Å². The molecule has 1 aromatic carbocycles. The molecule has 0 amide bonds. The Kier molecular flexibility index (Phi) is 5.39. The van der Waals surface area contributed by atoms with E-state index in [-0.39, 0.29) is 6.10 Å². The highest BCUT2D eigenvalue weighted by atomic mass is 16.5. The number of nitrogens with one attached hydrogen (secondary N) is 2. The summed E-state index contributed by atoms with van der Waals surface area (Å²) in [6.07, 6.45) is 11.9. The maximum Gasteiger partial charge on any atom is 0.128 e. The van der Waals surface area contributed by atoms with E-state index < -0.39 is 0 Å². The first kappa shape index (κ1) is 21.6. The quantitative estimate of drug-likeness (QED) is 0.362. The number of anilines is 1. The molecule has 0 saturated heterocycles. The maximum atomic E-state index is 6.46. The van der Waals surface area contributed by atoms with Gasteiger partial charge in [0.2, 0.25) is 0 Å². The van der Waals surface area contributed by atoms with E-state index in [0.717, 1.165) is 82.4 Å². The Morgan fingerprint density at radius 2 is 1.97 bits per heavy atom. The van der Waals surface area contributed by atoms with Crippen LogP contribution in [0.5, 0.6) is 5.75 Å². The molecule has 0 atom stereocenters. The van der Waals surface area contributed by atoms with Crippen molar-refractivity contribution in [3.05, 3.63) is 48.5 Å². The van der Waals surface area contributed by atoms with Crippen LogP contribution in [0.2, 0.25) is 0 Å². The number of benzene rings is 1.